The van der Waals surface area contributed by atoms with E-state index in [1.54, 1.807) is 0 Å². The zero-order valence-corrected chi connectivity index (χ0v) is 18.5. The van der Waals surface area contributed by atoms with Crippen LogP contribution in [-0.2, 0) is 11.3 Å². The van der Waals surface area contributed by atoms with Gasteiger partial charge < -0.3 is 14.5 Å². The molecule has 0 spiro atoms. The molecule has 0 N–H and O–H groups in total. The van der Waals surface area contributed by atoms with Gasteiger partial charge in [-0.15, -0.1) is 0 Å². The summed E-state index contributed by atoms with van der Waals surface area (Å²) >= 11 is 0. The zero-order chi connectivity index (χ0) is 21.2. The molecule has 0 saturated carbocycles. The Morgan fingerprint density at radius 3 is 2.58 bits per heavy atom. The van der Waals surface area contributed by atoms with Gasteiger partial charge in [0.15, 0.2) is 0 Å². The fourth-order valence-corrected chi connectivity index (χ4v) is 5.53. The Kier molecular flexibility index (Phi) is 5.86. The van der Waals surface area contributed by atoms with Crippen LogP contribution in [-0.4, -0.2) is 55.2 Å². The van der Waals surface area contributed by atoms with Gasteiger partial charge in [-0.05, 0) is 60.5 Å². The van der Waals surface area contributed by atoms with E-state index in [0.29, 0.717) is 12.5 Å². The van der Waals surface area contributed by atoms with E-state index in [-0.39, 0.29) is 12.1 Å². The number of fused-ring (bicyclic) bond motifs is 5. The molecule has 5 nitrogen and oxygen atoms in total. The van der Waals surface area contributed by atoms with Gasteiger partial charge in [0, 0.05) is 38.4 Å². The van der Waals surface area contributed by atoms with E-state index in [0.717, 1.165) is 51.1 Å². The zero-order valence-electron chi connectivity index (χ0n) is 18.5. The predicted octanol–water partition coefficient (Wildman–Crippen LogP) is 4.79. The third-order valence-corrected chi connectivity index (χ3v) is 7.19. The lowest BCUT2D eigenvalue weighted by Crippen LogP contribution is -2.46. The lowest BCUT2D eigenvalue weighted by atomic mass is 9.96. The van der Waals surface area contributed by atoms with Crippen LogP contribution in [0.15, 0.2) is 48.5 Å². The molecule has 0 unspecified atom stereocenters. The molecule has 0 aromatic heterocycles. The van der Waals surface area contributed by atoms with E-state index in [4.69, 9.17) is 4.74 Å². The Balaban J connectivity index is 1.28. The van der Waals surface area contributed by atoms with Crippen molar-refractivity contribution in [1.82, 2.24) is 9.80 Å². The first-order chi connectivity index (χ1) is 15.2. The van der Waals surface area contributed by atoms with Crippen LogP contribution >= 0.6 is 0 Å². The van der Waals surface area contributed by atoms with Gasteiger partial charge in [-0.25, -0.2) is 4.79 Å². The molecule has 3 aliphatic rings. The second kappa shape index (κ2) is 8.91. The van der Waals surface area contributed by atoms with Crippen molar-refractivity contribution >= 4 is 11.8 Å². The number of amides is 1. The number of rotatable bonds is 5. The highest BCUT2D eigenvalue weighted by atomic mass is 16.6. The average Bonchev–Trinajstić information content (AvgIpc) is 3.10. The minimum Gasteiger partial charge on any atom is -0.445 e. The number of hydrogen-bond donors (Lipinski definition) is 0. The van der Waals surface area contributed by atoms with E-state index < -0.39 is 0 Å². The van der Waals surface area contributed by atoms with Crippen molar-refractivity contribution in [3.8, 4) is 0 Å². The maximum absolute atomic E-state index is 12.9. The minimum atomic E-state index is -0.182. The minimum absolute atomic E-state index is 0.151. The number of piperazine rings is 1. The Labute approximate surface area is 185 Å². The van der Waals surface area contributed by atoms with Crippen LogP contribution in [0, 0.1) is 0 Å². The van der Waals surface area contributed by atoms with Crippen LogP contribution < -0.4 is 4.90 Å². The standard InChI is InChI=1S/C26H33N3O2/c1-2-11-27-13-15-28(16-14-27)22-8-9-23-21-10-12-29(25(17-21)24(23)18-22)26(30)31-19-20-6-4-3-5-7-20/h3-9,18,21,25H,2,10-17,19H2,1H3/t21-,25+/m0/s1. The lowest BCUT2D eigenvalue weighted by molar-refractivity contribution is 0.0694. The molecule has 2 fully saturated rings. The summed E-state index contributed by atoms with van der Waals surface area (Å²) in [7, 11) is 0. The highest BCUT2D eigenvalue weighted by Crippen LogP contribution is 2.50. The smallest absolute Gasteiger partial charge is 0.410 e. The fourth-order valence-electron chi connectivity index (χ4n) is 5.53. The van der Waals surface area contributed by atoms with Crippen LogP contribution in [0.4, 0.5) is 10.5 Å². The normalized spacial score (nSPS) is 23.0. The Morgan fingerprint density at radius 2 is 1.81 bits per heavy atom. The summed E-state index contributed by atoms with van der Waals surface area (Å²) in [5, 5.41) is 0. The van der Waals surface area contributed by atoms with Crippen LogP contribution in [0.3, 0.4) is 0 Å². The monoisotopic (exact) mass is 419 g/mol. The predicted molar refractivity (Wildman–Crippen MR) is 123 cm³/mol. The molecular formula is C26H33N3O2. The van der Waals surface area contributed by atoms with Gasteiger partial charge in [0.25, 0.3) is 0 Å². The van der Waals surface area contributed by atoms with Gasteiger partial charge in [0.2, 0.25) is 0 Å². The molecule has 5 rings (SSSR count). The van der Waals surface area contributed by atoms with Crippen molar-refractivity contribution in [2.75, 3.05) is 44.2 Å². The molecule has 5 heteroatoms. The van der Waals surface area contributed by atoms with E-state index in [9.17, 15) is 4.79 Å². The number of ether oxygens (including phenoxy) is 1. The van der Waals surface area contributed by atoms with Crippen LogP contribution in [0.25, 0.3) is 0 Å². The SMILES string of the molecule is CCCN1CCN(c2ccc3c(c2)[C@H]2C[C@@H]3CCN2C(=O)OCc2ccccc2)CC1. The molecule has 2 aliphatic heterocycles. The molecule has 2 aromatic rings. The molecule has 0 radical (unpaired) electrons. The maximum atomic E-state index is 12.9. The molecule has 2 saturated heterocycles. The molecule has 2 atom stereocenters. The van der Waals surface area contributed by atoms with Crippen LogP contribution in [0.5, 0.6) is 0 Å². The highest BCUT2D eigenvalue weighted by molar-refractivity contribution is 5.70. The number of hydrogen-bond acceptors (Lipinski definition) is 4. The average molecular weight is 420 g/mol. The van der Waals surface area contributed by atoms with Gasteiger partial charge >= 0.3 is 6.09 Å². The summed E-state index contributed by atoms with van der Waals surface area (Å²) in [6.45, 7) is 8.99. The molecule has 1 aliphatic carbocycles. The number of piperidine rings is 1. The Bertz CT molecular complexity index is 908. The van der Waals surface area contributed by atoms with Gasteiger partial charge in [-0.1, -0.05) is 43.3 Å². The first-order valence-electron chi connectivity index (χ1n) is 11.8. The Hall–Kier alpha value is -2.53. The third-order valence-electron chi connectivity index (χ3n) is 7.19. The molecule has 2 heterocycles. The number of nitrogens with zero attached hydrogens (tertiary/aromatic N) is 3. The number of benzene rings is 2. The van der Waals surface area contributed by atoms with E-state index in [1.165, 1.54) is 29.8 Å². The van der Waals surface area contributed by atoms with Crippen molar-refractivity contribution < 1.29 is 9.53 Å². The number of likely N-dealkylation sites (tertiary alicyclic amines) is 1. The summed E-state index contributed by atoms with van der Waals surface area (Å²) in [5.74, 6) is 0.577. The summed E-state index contributed by atoms with van der Waals surface area (Å²) in [6, 6.07) is 17.1. The molecule has 1 amide bonds. The second-order valence-corrected chi connectivity index (χ2v) is 9.11. The summed E-state index contributed by atoms with van der Waals surface area (Å²) in [5.41, 5.74) is 5.12. The van der Waals surface area contributed by atoms with Crippen molar-refractivity contribution in [3.63, 3.8) is 0 Å². The fraction of sp³-hybridized carbons (Fsp3) is 0.500. The first kappa shape index (κ1) is 20.4. The van der Waals surface area contributed by atoms with E-state index >= 15 is 0 Å². The molecule has 2 aromatic carbocycles. The summed E-state index contributed by atoms with van der Waals surface area (Å²) in [6.07, 6.45) is 3.10. The van der Waals surface area contributed by atoms with Gasteiger partial charge in [-0.3, -0.25) is 4.90 Å². The van der Waals surface area contributed by atoms with Gasteiger partial charge in [-0.2, -0.15) is 0 Å². The van der Waals surface area contributed by atoms with Gasteiger partial charge in [0.05, 0.1) is 6.04 Å². The van der Waals surface area contributed by atoms with Crippen molar-refractivity contribution in [1.29, 1.82) is 0 Å². The maximum Gasteiger partial charge on any atom is 0.410 e. The number of anilines is 1. The van der Waals surface area contributed by atoms with Crippen LogP contribution in [0.1, 0.15) is 54.8 Å². The van der Waals surface area contributed by atoms with E-state index in [2.05, 4.69) is 34.9 Å². The lowest BCUT2D eigenvalue weighted by Gasteiger charge is -2.36. The summed E-state index contributed by atoms with van der Waals surface area (Å²) in [4.78, 5) is 20.0. The number of carbonyl (C=O) groups is 1. The first-order valence-corrected chi connectivity index (χ1v) is 11.8. The highest BCUT2D eigenvalue weighted by Gasteiger charge is 2.41. The third kappa shape index (κ3) is 4.16. The van der Waals surface area contributed by atoms with Crippen LogP contribution in [0.2, 0.25) is 0 Å². The molecule has 2 bridgehead atoms. The molecule has 31 heavy (non-hydrogen) atoms. The Morgan fingerprint density at radius 1 is 1.00 bits per heavy atom. The molecular weight excluding hydrogens is 386 g/mol. The number of carbonyl (C=O) groups excluding carboxylic acids is 1. The van der Waals surface area contributed by atoms with Gasteiger partial charge in [0.1, 0.15) is 6.61 Å². The van der Waals surface area contributed by atoms with Crippen molar-refractivity contribution in [2.45, 2.75) is 44.8 Å². The van der Waals surface area contributed by atoms with Crippen molar-refractivity contribution in [2.24, 2.45) is 0 Å². The largest absolute Gasteiger partial charge is 0.445 e. The molecule has 164 valence electrons. The second-order valence-electron chi connectivity index (χ2n) is 9.11. The van der Waals surface area contributed by atoms with Crippen molar-refractivity contribution in [3.05, 3.63) is 65.2 Å². The summed E-state index contributed by atoms with van der Waals surface area (Å²) < 4.78 is 5.69. The topological polar surface area (TPSA) is 36.0 Å². The quantitative estimate of drug-likeness (QED) is 0.698. The van der Waals surface area contributed by atoms with E-state index in [1.807, 2.05) is 35.2 Å².